The highest BCUT2D eigenvalue weighted by Gasteiger charge is 2.45. The predicted molar refractivity (Wildman–Crippen MR) is 267 cm³/mol. The van der Waals surface area contributed by atoms with E-state index in [0.29, 0.717) is 0 Å². The van der Waals surface area contributed by atoms with Crippen molar-refractivity contribution in [3.05, 3.63) is 247 Å². The molecular weight excluding hydrogens is 775 g/mol. The second-order valence-corrected chi connectivity index (χ2v) is 17.3. The van der Waals surface area contributed by atoms with Gasteiger partial charge in [0.25, 0.3) is 0 Å². The molecule has 2 heterocycles. The number of hydrogen-bond donors (Lipinski definition) is 0. The minimum Gasteiger partial charge on any atom is -0.456 e. The molecule has 0 saturated heterocycles. The highest BCUT2D eigenvalue weighted by atomic mass is 16.3. The maximum absolute atomic E-state index is 6.27. The van der Waals surface area contributed by atoms with Crippen LogP contribution in [0.25, 0.3) is 88.7 Å². The molecule has 0 saturated carbocycles. The van der Waals surface area contributed by atoms with Gasteiger partial charge in [0.05, 0.1) is 11.4 Å². The zero-order valence-corrected chi connectivity index (χ0v) is 35.3. The van der Waals surface area contributed by atoms with Crippen molar-refractivity contribution in [2.75, 3.05) is 4.90 Å². The van der Waals surface area contributed by atoms with Crippen molar-refractivity contribution < 1.29 is 4.42 Å². The van der Waals surface area contributed by atoms with E-state index in [0.717, 1.165) is 44.4 Å². The van der Waals surface area contributed by atoms with Crippen LogP contribution in [-0.2, 0) is 5.41 Å². The molecule has 2 heteroatoms. The van der Waals surface area contributed by atoms with Crippen molar-refractivity contribution in [1.82, 2.24) is 0 Å². The Bertz CT molecular complexity index is 3640. The monoisotopic (exact) mass is 815 g/mol. The zero-order valence-electron chi connectivity index (χ0n) is 35.3. The first-order valence-electron chi connectivity index (χ1n) is 22.2. The van der Waals surface area contributed by atoms with E-state index < -0.39 is 0 Å². The lowest BCUT2D eigenvalue weighted by Crippen LogP contribution is -2.23. The van der Waals surface area contributed by atoms with Crippen LogP contribution in [0.15, 0.2) is 235 Å². The van der Waals surface area contributed by atoms with Crippen molar-refractivity contribution in [3.63, 3.8) is 0 Å². The summed E-state index contributed by atoms with van der Waals surface area (Å²) in [5.74, 6) is 0. The SMILES string of the molecule is CC1(c2ccccc2)c2cccc3c2-c2c(cccc21)N(c1cccc(-c2ccc4oc5ccccc5c4c2)c1)c1c(-c2ccccc2-c2ccccc2-c2ccccc2)cccc1-3. The van der Waals surface area contributed by atoms with Crippen molar-refractivity contribution in [2.45, 2.75) is 12.3 Å². The third-order valence-corrected chi connectivity index (χ3v) is 13.9. The fourth-order valence-corrected chi connectivity index (χ4v) is 11.0. The average molecular weight is 816 g/mol. The van der Waals surface area contributed by atoms with Crippen LogP contribution in [0.2, 0.25) is 0 Å². The lowest BCUT2D eigenvalue weighted by Gasteiger charge is -2.33. The molecule has 1 unspecified atom stereocenters. The molecule has 1 atom stereocenters. The molecule has 0 amide bonds. The Morgan fingerprint density at radius 2 is 0.891 bits per heavy atom. The van der Waals surface area contributed by atoms with Gasteiger partial charge in [0, 0.05) is 38.6 Å². The molecule has 0 fully saturated rings. The van der Waals surface area contributed by atoms with E-state index in [9.17, 15) is 0 Å². The Balaban J connectivity index is 1.10. The van der Waals surface area contributed by atoms with E-state index >= 15 is 0 Å². The molecule has 10 aromatic carbocycles. The Hall–Kier alpha value is -8.20. The van der Waals surface area contributed by atoms with Gasteiger partial charge in [-0.05, 0) is 110 Å². The number of anilines is 3. The van der Waals surface area contributed by atoms with Crippen LogP contribution in [0, 0.1) is 0 Å². The summed E-state index contributed by atoms with van der Waals surface area (Å²) in [4.78, 5) is 2.57. The summed E-state index contributed by atoms with van der Waals surface area (Å²) in [6, 6.07) is 84.5. The average Bonchev–Trinajstić information content (AvgIpc) is 3.83. The first-order valence-corrected chi connectivity index (χ1v) is 22.2. The number of fused-ring (bicyclic) bond motifs is 5. The van der Waals surface area contributed by atoms with Gasteiger partial charge in [-0.2, -0.15) is 0 Å². The van der Waals surface area contributed by atoms with Crippen LogP contribution < -0.4 is 4.90 Å². The van der Waals surface area contributed by atoms with Crippen molar-refractivity contribution >= 4 is 39.0 Å². The number of para-hydroxylation sites is 2. The predicted octanol–water partition coefficient (Wildman–Crippen LogP) is 17.0. The molecule has 13 rings (SSSR count). The summed E-state index contributed by atoms with van der Waals surface area (Å²) in [5, 5.41) is 2.25. The smallest absolute Gasteiger partial charge is 0.135 e. The lowest BCUT2D eigenvalue weighted by molar-refractivity contribution is 0.669. The summed E-state index contributed by atoms with van der Waals surface area (Å²) in [6.45, 7) is 2.42. The second kappa shape index (κ2) is 14.2. The highest BCUT2D eigenvalue weighted by molar-refractivity contribution is 6.12. The van der Waals surface area contributed by atoms with Gasteiger partial charge in [-0.25, -0.2) is 0 Å². The van der Waals surface area contributed by atoms with E-state index in [1.165, 1.54) is 78.0 Å². The van der Waals surface area contributed by atoms with E-state index in [4.69, 9.17) is 4.42 Å². The molecule has 64 heavy (non-hydrogen) atoms. The minimum atomic E-state index is -0.350. The molecule has 0 radical (unpaired) electrons. The zero-order chi connectivity index (χ0) is 42.4. The van der Waals surface area contributed by atoms with Crippen molar-refractivity contribution in [1.29, 1.82) is 0 Å². The van der Waals surface area contributed by atoms with E-state index in [2.05, 4.69) is 230 Å². The number of benzene rings is 10. The molecule has 2 nitrogen and oxygen atoms in total. The largest absolute Gasteiger partial charge is 0.456 e. The first-order chi connectivity index (χ1) is 31.6. The van der Waals surface area contributed by atoms with E-state index in [1.54, 1.807) is 0 Å². The van der Waals surface area contributed by atoms with Gasteiger partial charge in [0.15, 0.2) is 0 Å². The van der Waals surface area contributed by atoms with Gasteiger partial charge in [0.1, 0.15) is 11.2 Å². The molecular formula is C62H41NO. The van der Waals surface area contributed by atoms with Crippen LogP contribution in [0.1, 0.15) is 23.6 Å². The normalized spacial score (nSPS) is 14.7. The maximum atomic E-state index is 6.27. The first kappa shape index (κ1) is 36.5. The van der Waals surface area contributed by atoms with Gasteiger partial charge in [-0.15, -0.1) is 0 Å². The molecule has 1 aliphatic carbocycles. The molecule has 1 aliphatic heterocycles. The summed E-state index contributed by atoms with van der Waals surface area (Å²) in [5.41, 5.74) is 23.4. The standard InChI is InChI=1S/C62H41NO/c1-62(43-21-6-3-7-22-43)54-32-16-29-50-52-31-15-30-51(48-27-11-10-26-47(48)46-25-9-8-24-45(46)40-18-4-2-5-19-40)61(52)63(56-34-17-33-55(62)60(56)59(50)54)44-23-14-20-41(38-44)42-36-37-58-53(39-42)49-28-12-13-35-57(49)64-58/h2-39H,1H3. The molecule has 0 spiro atoms. The quantitative estimate of drug-likeness (QED) is 0.166. The highest BCUT2D eigenvalue weighted by Crippen LogP contribution is 2.63. The van der Waals surface area contributed by atoms with Crippen molar-refractivity contribution in [3.8, 4) is 66.8 Å². The van der Waals surface area contributed by atoms with E-state index in [1.807, 2.05) is 12.1 Å². The third-order valence-electron chi connectivity index (χ3n) is 13.9. The summed E-state index contributed by atoms with van der Waals surface area (Å²) >= 11 is 0. The molecule has 11 aromatic rings. The number of hydrogen-bond acceptors (Lipinski definition) is 2. The Labute approximate surface area is 373 Å². The molecule has 1 aromatic heterocycles. The molecule has 0 N–H and O–H groups in total. The summed E-state index contributed by atoms with van der Waals surface area (Å²) < 4.78 is 6.27. The molecule has 300 valence electrons. The summed E-state index contributed by atoms with van der Waals surface area (Å²) in [7, 11) is 0. The van der Waals surface area contributed by atoms with Gasteiger partial charge < -0.3 is 9.32 Å². The number of rotatable bonds is 6. The van der Waals surface area contributed by atoms with Gasteiger partial charge in [0.2, 0.25) is 0 Å². The van der Waals surface area contributed by atoms with Gasteiger partial charge in [-0.3, -0.25) is 0 Å². The number of nitrogens with zero attached hydrogens (tertiary/aromatic N) is 1. The van der Waals surface area contributed by atoms with Crippen LogP contribution in [0.3, 0.4) is 0 Å². The summed E-state index contributed by atoms with van der Waals surface area (Å²) in [6.07, 6.45) is 0. The van der Waals surface area contributed by atoms with Crippen molar-refractivity contribution in [2.24, 2.45) is 0 Å². The molecule has 0 bridgehead atoms. The fraction of sp³-hybridized carbons (Fsp3) is 0.0323. The topological polar surface area (TPSA) is 16.4 Å². The fourth-order valence-electron chi connectivity index (χ4n) is 11.0. The van der Waals surface area contributed by atoms with Crippen LogP contribution in [0.4, 0.5) is 17.1 Å². The van der Waals surface area contributed by atoms with Gasteiger partial charge in [-0.1, -0.05) is 194 Å². The Morgan fingerprint density at radius 3 is 1.69 bits per heavy atom. The van der Waals surface area contributed by atoms with Crippen LogP contribution >= 0.6 is 0 Å². The minimum absolute atomic E-state index is 0.350. The lowest BCUT2D eigenvalue weighted by atomic mass is 9.74. The van der Waals surface area contributed by atoms with E-state index in [-0.39, 0.29) is 5.41 Å². The molecule has 2 aliphatic rings. The Morgan fingerprint density at radius 1 is 0.359 bits per heavy atom. The maximum Gasteiger partial charge on any atom is 0.135 e. The van der Waals surface area contributed by atoms with Gasteiger partial charge >= 0.3 is 0 Å². The van der Waals surface area contributed by atoms with Crippen LogP contribution in [0.5, 0.6) is 0 Å². The number of furan rings is 1. The van der Waals surface area contributed by atoms with Crippen LogP contribution in [-0.4, -0.2) is 0 Å². The second-order valence-electron chi connectivity index (χ2n) is 17.3. The third kappa shape index (κ3) is 5.33. The Kier molecular flexibility index (Phi) is 8.07.